The molecule has 1 fully saturated rings. The van der Waals surface area contributed by atoms with Gasteiger partial charge in [0.25, 0.3) is 0 Å². The Labute approximate surface area is 116 Å². The monoisotopic (exact) mass is 273 g/mol. The van der Waals surface area contributed by atoms with Crippen LogP contribution in [-0.4, -0.2) is 56.1 Å². The van der Waals surface area contributed by atoms with E-state index in [0.717, 1.165) is 19.3 Å². The lowest BCUT2D eigenvalue weighted by atomic mass is 10.0. The van der Waals surface area contributed by atoms with Crippen molar-refractivity contribution in [1.82, 2.24) is 4.90 Å². The molecule has 4 unspecified atom stereocenters. The Morgan fingerprint density at radius 2 is 2.00 bits per heavy atom. The van der Waals surface area contributed by atoms with Crippen LogP contribution in [0.25, 0.3) is 0 Å². The first-order chi connectivity index (χ1) is 8.90. The molecule has 0 saturated carbocycles. The van der Waals surface area contributed by atoms with Crippen LogP contribution in [0, 0.1) is 0 Å². The summed E-state index contributed by atoms with van der Waals surface area (Å²) < 4.78 is 16.7. The lowest BCUT2D eigenvalue weighted by Crippen LogP contribution is -2.38. The topological polar surface area (TPSA) is 48.0 Å². The smallest absolute Gasteiger partial charge is 0.320 e. The van der Waals surface area contributed by atoms with E-state index in [1.807, 2.05) is 27.9 Å². The lowest BCUT2D eigenvalue weighted by Gasteiger charge is -2.34. The van der Waals surface area contributed by atoms with Gasteiger partial charge in [0.05, 0.1) is 18.8 Å². The number of carbonyl (C=O) groups is 1. The molecule has 0 N–H and O–H groups in total. The predicted molar refractivity (Wildman–Crippen MR) is 72.8 cm³/mol. The van der Waals surface area contributed by atoms with E-state index in [1.54, 1.807) is 4.90 Å². The minimum Gasteiger partial charge on any atom is -0.462 e. The summed E-state index contributed by atoms with van der Waals surface area (Å²) in [6, 6.07) is 0. The summed E-state index contributed by atoms with van der Waals surface area (Å²) in [4.78, 5) is 13.4. The van der Waals surface area contributed by atoms with E-state index in [-0.39, 0.29) is 30.6 Å². The zero-order chi connectivity index (χ0) is 14.4. The Kier molecular flexibility index (Phi) is 6.75. The van der Waals surface area contributed by atoms with Crippen LogP contribution >= 0.6 is 0 Å². The maximum Gasteiger partial charge on any atom is 0.320 e. The zero-order valence-electron chi connectivity index (χ0n) is 12.7. The second kappa shape index (κ2) is 7.82. The summed E-state index contributed by atoms with van der Waals surface area (Å²) in [6.45, 7) is 6.25. The van der Waals surface area contributed by atoms with Crippen molar-refractivity contribution in [1.29, 1.82) is 0 Å². The van der Waals surface area contributed by atoms with Crippen molar-refractivity contribution in [3.05, 3.63) is 0 Å². The Hall–Kier alpha value is -0.650. The Balaban J connectivity index is 2.34. The predicted octanol–water partition coefficient (Wildman–Crippen LogP) is 1.80. The summed E-state index contributed by atoms with van der Waals surface area (Å²) in [5, 5.41) is 0. The van der Waals surface area contributed by atoms with Gasteiger partial charge in [-0.3, -0.25) is 9.69 Å². The molecule has 0 aliphatic carbocycles. The maximum atomic E-state index is 11.6. The molecule has 0 bridgehead atoms. The molecule has 5 nitrogen and oxygen atoms in total. The summed E-state index contributed by atoms with van der Waals surface area (Å²) >= 11 is 0. The molecule has 1 heterocycles. The number of rotatable bonds is 6. The molecule has 0 aromatic heterocycles. The number of hydrogen-bond donors (Lipinski definition) is 0. The van der Waals surface area contributed by atoms with Crippen LogP contribution in [0.5, 0.6) is 0 Å². The van der Waals surface area contributed by atoms with E-state index >= 15 is 0 Å². The van der Waals surface area contributed by atoms with Crippen molar-refractivity contribution in [2.24, 2.45) is 0 Å². The molecule has 0 spiro atoms. The van der Waals surface area contributed by atoms with Gasteiger partial charge in [0.1, 0.15) is 6.10 Å². The molecule has 0 aromatic carbocycles. The van der Waals surface area contributed by atoms with Gasteiger partial charge >= 0.3 is 5.97 Å². The number of ether oxygens (including phenoxy) is 3. The lowest BCUT2D eigenvalue weighted by molar-refractivity contribution is -0.238. The van der Waals surface area contributed by atoms with Crippen LogP contribution in [0.2, 0.25) is 0 Å². The molecule has 1 aliphatic heterocycles. The van der Waals surface area contributed by atoms with Crippen LogP contribution in [0.15, 0.2) is 0 Å². The standard InChI is InChI=1S/C14H27NO4/c1-6-12-8-13(19-11(3)18-12)7-10(2)17-14(16)9-15(4)5/h10-13H,6-9H2,1-5H3. The highest BCUT2D eigenvalue weighted by atomic mass is 16.7. The number of likely N-dealkylation sites (N-methyl/N-ethyl adjacent to an activating group) is 1. The first-order valence-electron chi connectivity index (χ1n) is 7.05. The second-order valence-electron chi connectivity index (χ2n) is 5.50. The van der Waals surface area contributed by atoms with Crippen LogP contribution in [0.1, 0.15) is 40.0 Å². The maximum absolute atomic E-state index is 11.6. The summed E-state index contributed by atoms with van der Waals surface area (Å²) in [5.41, 5.74) is 0. The van der Waals surface area contributed by atoms with E-state index in [0.29, 0.717) is 6.54 Å². The van der Waals surface area contributed by atoms with Gasteiger partial charge in [-0.2, -0.15) is 0 Å². The van der Waals surface area contributed by atoms with Crippen molar-refractivity contribution in [2.45, 2.75) is 64.6 Å². The van der Waals surface area contributed by atoms with E-state index in [9.17, 15) is 4.79 Å². The molecule has 4 atom stereocenters. The molecule has 19 heavy (non-hydrogen) atoms. The van der Waals surface area contributed by atoms with Gasteiger partial charge in [-0.25, -0.2) is 0 Å². The Morgan fingerprint density at radius 3 is 2.58 bits per heavy atom. The second-order valence-corrected chi connectivity index (χ2v) is 5.50. The van der Waals surface area contributed by atoms with Crippen LogP contribution in [-0.2, 0) is 19.0 Å². The van der Waals surface area contributed by atoms with Crippen molar-refractivity contribution in [3.8, 4) is 0 Å². The van der Waals surface area contributed by atoms with Crippen molar-refractivity contribution in [3.63, 3.8) is 0 Å². The van der Waals surface area contributed by atoms with Crippen molar-refractivity contribution >= 4 is 5.97 Å². The van der Waals surface area contributed by atoms with Gasteiger partial charge in [0.2, 0.25) is 0 Å². The molecule has 112 valence electrons. The number of nitrogens with zero attached hydrogens (tertiary/aromatic N) is 1. The number of hydrogen-bond acceptors (Lipinski definition) is 5. The highest BCUT2D eigenvalue weighted by Gasteiger charge is 2.28. The van der Waals surface area contributed by atoms with Gasteiger partial charge in [-0.1, -0.05) is 6.92 Å². The third kappa shape index (κ3) is 6.36. The largest absolute Gasteiger partial charge is 0.462 e. The fourth-order valence-electron chi connectivity index (χ4n) is 2.33. The quantitative estimate of drug-likeness (QED) is 0.691. The first-order valence-corrected chi connectivity index (χ1v) is 7.05. The SMILES string of the molecule is CCC1CC(CC(C)OC(=O)CN(C)C)OC(C)O1. The minimum absolute atomic E-state index is 0.107. The van der Waals surface area contributed by atoms with Crippen LogP contribution < -0.4 is 0 Å². The fraction of sp³-hybridized carbons (Fsp3) is 0.929. The Morgan fingerprint density at radius 1 is 1.37 bits per heavy atom. The van der Waals surface area contributed by atoms with Crippen molar-refractivity contribution < 1.29 is 19.0 Å². The molecular weight excluding hydrogens is 246 g/mol. The molecule has 1 rings (SSSR count). The van der Waals surface area contributed by atoms with Crippen molar-refractivity contribution in [2.75, 3.05) is 20.6 Å². The number of carbonyl (C=O) groups excluding carboxylic acids is 1. The zero-order valence-corrected chi connectivity index (χ0v) is 12.7. The molecule has 1 saturated heterocycles. The highest BCUT2D eigenvalue weighted by Crippen LogP contribution is 2.24. The van der Waals surface area contributed by atoms with Gasteiger partial charge < -0.3 is 14.2 Å². The van der Waals surface area contributed by atoms with Gasteiger partial charge in [-0.05, 0) is 34.4 Å². The molecule has 5 heteroatoms. The van der Waals surface area contributed by atoms with Crippen LogP contribution in [0.3, 0.4) is 0 Å². The number of esters is 1. The van der Waals surface area contributed by atoms with Crippen LogP contribution in [0.4, 0.5) is 0 Å². The molecule has 0 aromatic rings. The Bertz CT molecular complexity index is 283. The fourth-order valence-corrected chi connectivity index (χ4v) is 2.33. The third-order valence-electron chi connectivity index (χ3n) is 3.12. The summed E-state index contributed by atoms with van der Waals surface area (Å²) in [7, 11) is 3.70. The average Bonchev–Trinajstić information content (AvgIpc) is 2.26. The normalized spacial score (nSPS) is 29.3. The van der Waals surface area contributed by atoms with Gasteiger partial charge in [0, 0.05) is 12.8 Å². The average molecular weight is 273 g/mol. The highest BCUT2D eigenvalue weighted by molar-refractivity contribution is 5.71. The molecule has 1 aliphatic rings. The van der Waals surface area contributed by atoms with E-state index < -0.39 is 0 Å². The van der Waals surface area contributed by atoms with E-state index in [1.165, 1.54) is 0 Å². The van der Waals surface area contributed by atoms with Gasteiger partial charge in [-0.15, -0.1) is 0 Å². The third-order valence-corrected chi connectivity index (χ3v) is 3.12. The summed E-state index contributed by atoms with van der Waals surface area (Å²) in [6.07, 6.45) is 2.64. The van der Waals surface area contributed by atoms with E-state index in [2.05, 4.69) is 6.92 Å². The van der Waals surface area contributed by atoms with Gasteiger partial charge in [0.15, 0.2) is 6.29 Å². The first kappa shape index (κ1) is 16.4. The molecule has 0 amide bonds. The molecule has 0 radical (unpaired) electrons. The minimum atomic E-state index is -0.190. The summed E-state index contributed by atoms with van der Waals surface area (Å²) in [5.74, 6) is -0.190. The molecular formula is C14H27NO4. The van der Waals surface area contributed by atoms with E-state index in [4.69, 9.17) is 14.2 Å².